The molecule has 0 aromatic heterocycles. The van der Waals surface area contributed by atoms with Crippen LogP contribution >= 0.6 is 15.9 Å². The molecule has 0 unspecified atom stereocenters. The predicted octanol–water partition coefficient (Wildman–Crippen LogP) is 4.00. The Balaban J connectivity index is 2.18. The maximum Gasteiger partial charge on any atom is 0.254 e. The number of anilines is 1. The summed E-state index contributed by atoms with van der Waals surface area (Å²) in [6.07, 6.45) is 0. The van der Waals surface area contributed by atoms with Crippen molar-refractivity contribution < 1.29 is 4.79 Å². The summed E-state index contributed by atoms with van der Waals surface area (Å²) in [4.78, 5) is 14.4. The number of carbonyl (C=O) groups excluding carboxylic acids is 1. The first-order valence-electron chi connectivity index (χ1n) is 6.91. The van der Waals surface area contributed by atoms with Crippen LogP contribution < -0.4 is 5.73 Å². The Kier molecular flexibility index (Phi) is 5.02. The Hall–Kier alpha value is -1.81. The van der Waals surface area contributed by atoms with Gasteiger partial charge in [0.05, 0.1) is 0 Å². The van der Waals surface area contributed by atoms with E-state index >= 15 is 0 Å². The van der Waals surface area contributed by atoms with E-state index in [2.05, 4.69) is 15.9 Å². The van der Waals surface area contributed by atoms with Gasteiger partial charge in [0.1, 0.15) is 0 Å². The second-order valence-corrected chi connectivity index (χ2v) is 5.88. The van der Waals surface area contributed by atoms with Crippen LogP contribution in [0.3, 0.4) is 0 Å². The molecule has 0 aliphatic rings. The molecule has 0 atom stereocenters. The van der Waals surface area contributed by atoms with Crippen LogP contribution in [0, 0.1) is 6.92 Å². The minimum atomic E-state index is 0.0371. The number of benzene rings is 2. The van der Waals surface area contributed by atoms with Crippen LogP contribution in [0.25, 0.3) is 0 Å². The van der Waals surface area contributed by atoms with Gasteiger partial charge in [-0.25, -0.2) is 0 Å². The molecular formula is C17H19BrN2O. The molecule has 0 radical (unpaired) electrons. The average Bonchev–Trinajstić information content (AvgIpc) is 2.49. The molecule has 0 aliphatic heterocycles. The fourth-order valence-corrected chi connectivity index (χ4v) is 2.46. The lowest BCUT2D eigenvalue weighted by Gasteiger charge is -2.21. The maximum absolute atomic E-state index is 12.6. The largest absolute Gasteiger partial charge is 0.399 e. The monoisotopic (exact) mass is 346 g/mol. The van der Waals surface area contributed by atoms with Gasteiger partial charge in [-0.2, -0.15) is 0 Å². The molecule has 2 N–H and O–H groups in total. The fourth-order valence-electron chi connectivity index (χ4n) is 2.08. The van der Waals surface area contributed by atoms with E-state index in [4.69, 9.17) is 5.73 Å². The number of halogens is 1. The maximum atomic E-state index is 12.6. The Morgan fingerprint density at radius 2 is 1.86 bits per heavy atom. The van der Waals surface area contributed by atoms with E-state index in [0.717, 1.165) is 21.3 Å². The lowest BCUT2D eigenvalue weighted by Crippen LogP contribution is -2.30. The highest BCUT2D eigenvalue weighted by molar-refractivity contribution is 9.10. The van der Waals surface area contributed by atoms with E-state index < -0.39 is 0 Å². The third-order valence-electron chi connectivity index (χ3n) is 3.44. The zero-order valence-corrected chi connectivity index (χ0v) is 13.9. The summed E-state index contributed by atoms with van der Waals surface area (Å²) < 4.78 is 0.955. The highest BCUT2D eigenvalue weighted by Crippen LogP contribution is 2.19. The molecule has 1 amide bonds. The van der Waals surface area contributed by atoms with Crippen molar-refractivity contribution >= 4 is 27.5 Å². The van der Waals surface area contributed by atoms with Gasteiger partial charge in [0.25, 0.3) is 5.91 Å². The van der Waals surface area contributed by atoms with E-state index in [9.17, 15) is 4.79 Å². The van der Waals surface area contributed by atoms with Gasteiger partial charge < -0.3 is 10.6 Å². The first-order chi connectivity index (χ1) is 10.0. The van der Waals surface area contributed by atoms with Crippen LogP contribution in [-0.2, 0) is 6.54 Å². The summed E-state index contributed by atoms with van der Waals surface area (Å²) in [5, 5.41) is 0. The Bertz CT molecular complexity index is 638. The Labute approximate surface area is 133 Å². The molecule has 2 rings (SSSR count). The molecule has 0 bridgehead atoms. The van der Waals surface area contributed by atoms with Crippen molar-refractivity contribution in [2.75, 3.05) is 12.3 Å². The van der Waals surface area contributed by atoms with Crippen LogP contribution in [0.5, 0.6) is 0 Å². The van der Waals surface area contributed by atoms with Crippen molar-refractivity contribution in [3.05, 3.63) is 63.6 Å². The standard InChI is InChI=1S/C17H19BrN2O/c1-3-20(11-13-5-8-15(19)9-6-13)17(21)14-7-4-12(2)16(18)10-14/h4-10H,3,11,19H2,1-2H3. The fraction of sp³-hybridized carbons (Fsp3) is 0.235. The smallest absolute Gasteiger partial charge is 0.254 e. The molecule has 21 heavy (non-hydrogen) atoms. The molecule has 2 aromatic carbocycles. The molecule has 0 fully saturated rings. The van der Waals surface area contributed by atoms with Crippen LogP contribution in [0.4, 0.5) is 5.69 Å². The van der Waals surface area contributed by atoms with Gasteiger partial charge in [0, 0.05) is 28.8 Å². The third kappa shape index (κ3) is 3.85. The number of nitrogen functional groups attached to an aromatic ring is 1. The highest BCUT2D eigenvalue weighted by atomic mass is 79.9. The van der Waals surface area contributed by atoms with E-state index in [1.54, 1.807) is 0 Å². The molecule has 0 heterocycles. The van der Waals surface area contributed by atoms with Gasteiger partial charge in [-0.1, -0.05) is 34.1 Å². The van der Waals surface area contributed by atoms with Gasteiger partial charge in [0.2, 0.25) is 0 Å². The van der Waals surface area contributed by atoms with Crippen molar-refractivity contribution in [2.24, 2.45) is 0 Å². The van der Waals surface area contributed by atoms with Crippen LogP contribution in [0.2, 0.25) is 0 Å². The molecule has 3 nitrogen and oxygen atoms in total. The third-order valence-corrected chi connectivity index (χ3v) is 4.30. The summed E-state index contributed by atoms with van der Waals surface area (Å²) in [6, 6.07) is 13.3. The van der Waals surface area contributed by atoms with Crippen molar-refractivity contribution in [3.63, 3.8) is 0 Å². The second-order valence-electron chi connectivity index (χ2n) is 5.02. The van der Waals surface area contributed by atoms with Crippen molar-refractivity contribution in [3.8, 4) is 0 Å². The van der Waals surface area contributed by atoms with Crippen molar-refractivity contribution in [1.29, 1.82) is 0 Å². The Morgan fingerprint density at radius 3 is 2.43 bits per heavy atom. The second kappa shape index (κ2) is 6.76. The summed E-state index contributed by atoms with van der Waals surface area (Å²) in [6.45, 7) is 5.23. The zero-order valence-electron chi connectivity index (χ0n) is 12.3. The summed E-state index contributed by atoms with van der Waals surface area (Å²) in [5.41, 5.74) is 9.31. The van der Waals surface area contributed by atoms with Gasteiger partial charge >= 0.3 is 0 Å². The van der Waals surface area contributed by atoms with E-state index in [1.165, 1.54) is 0 Å². The normalized spacial score (nSPS) is 10.4. The van der Waals surface area contributed by atoms with E-state index in [1.807, 2.05) is 61.2 Å². The predicted molar refractivity (Wildman–Crippen MR) is 90.1 cm³/mol. The van der Waals surface area contributed by atoms with Crippen LogP contribution in [-0.4, -0.2) is 17.4 Å². The molecule has 0 saturated heterocycles. The lowest BCUT2D eigenvalue weighted by atomic mass is 10.1. The molecular weight excluding hydrogens is 328 g/mol. The molecule has 2 aromatic rings. The number of amides is 1. The number of hydrogen-bond acceptors (Lipinski definition) is 2. The molecule has 4 heteroatoms. The van der Waals surface area contributed by atoms with Crippen LogP contribution in [0.1, 0.15) is 28.4 Å². The number of hydrogen-bond donors (Lipinski definition) is 1. The summed E-state index contributed by atoms with van der Waals surface area (Å²) >= 11 is 3.48. The number of aryl methyl sites for hydroxylation is 1. The van der Waals surface area contributed by atoms with Gasteiger partial charge in [-0.15, -0.1) is 0 Å². The summed E-state index contributed by atoms with van der Waals surface area (Å²) in [5.74, 6) is 0.0371. The number of nitrogens with zero attached hydrogens (tertiary/aromatic N) is 1. The van der Waals surface area contributed by atoms with Gasteiger partial charge in [0.15, 0.2) is 0 Å². The topological polar surface area (TPSA) is 46.3 Å². The first-order valence-corrected chi connectivity index (χ1v) is 7.70. The average molecular weight is 347 g/mol. The van der Waals surface area contributed by atoms with Crippen molar-refractivity contribution in [1.82, 2.24) is 4.90 Å². The first kappa shape index (κ1) is 15.6. The quantitative estimate of drug-likeness (QED) is 0.850. The van der Waals surface area contributed by atoms with E-state index in [0.29, 0.717) is 18.7 Å². The lowest BCUT2D eigenvalue weighted by molar-refractivity contribution is 0.0752. The molecule has 0 spiro atoms. The number of nitrogens with two attached hydrogens (primary N) is 1. The van der Waals surface area contributed by atoms with Gasteiger partial charge in [-0.05, 0) is 49.2 Å². The number of carbonyl (C=O) groups is 1. The highest BCUT2D eigenvalue weighted by Gasteiger charge is 2.15. The van der Waals surface area contributed by atoms with Crippen LogP contribution in [0.15, 0.2) is 46.9 Å². The number of rotatable bonds is 4. The SMILES string of the molecule is CCN(Cc1ccc(N)cc1)C(=O)c1ccc(C)c(Br)c1. The van der Waals surface area contributed by atoms with E-state index in [-0.39, 0.29) is 5.91 Å². The molecule has 110 valence electrons. The minimum Gasteiger partial charge on any atom is -0.399 e. The molecule has 0 aliphatic carbocycles. The minimum absolute atomic E-state index is 0.0371. The van der Waals surface area contributed by atoms with Gasteiger partial charge in [-0.3, -0.25) is 4.79 Å². The molecule has 0 saturated carbocycles. The zero-order chi connectivity index (χ0) is 15.4. The summed E-state index contributed by atoms with van der Waals surface area (Å²) in [7, 11) is 0. The van der Waals surface area contributed by atoms with Crippen molar-refractivity contribution in [2.45, 2.75) is 20.4 Å². The Morgan fingerprint density at radius 1 is 1.19 bits per heavy atom.